The van der Waals surface area contributed by atoms with Gasteiger partial charge in [0.1, 0.15) is 6.33 Å². The number of halogens is 3. The van der Waals surface area contributed by atoms with Crippen molar-refractivity contribution in [2.24, 2.45) is 5.10 Å². The summed E-state index contributed by atoms with van der Waals surface area (Å²) in [5.41, 5.74) is 0.722. The van der Waals surface area contributed by atoms with Crippen LogP contribution >= 0.6 is 0 Å². The van der Waals surface area contributed by atoms with E-state index in [0.717, 1.165) is 9.58 Å². The zero-order valence-electron chi connectivity index (χ0n) is 12.4. The van der Waals surface area contributed by atoms with Crippen LogP contribution in [0, 0.1) is 0 Å². The lowest BCUT2D eigenvalue weighted by Gasteiger charge is -2.27. The van der Waals surface area contributed by atoms with Gasteiger partial charge >= 0.3 is 6.18 Å². The molecule has 0 saturated carbocycles. The van der Waals surface area contributed by atoms with E-state index in [4.69, 9.17) is 0 Å². The first-order valence-electron chi connectivity index (χ1n) is 7.10. The van der Waals surface area contributed by atoms with Crippen molar-refractivity contribution in [1.29, 1.82) is 0 Å². The molecular weight excluding hydrogens is 317 g/mol. The van der Waals surface area contributed by atoms with Crippen LogP contribution in [0.5, 0.6) is 0 Å². The molecule has 0 amide bonds. The van der Waals surface area contributed by atoms with Crippen LogP contribution in [0.25, 0.3) is 0 Å². The summed E-state index contributed by atoms with van der Waals surface area (Å²) >= 11 is 0. The third-order valence-corrected chi connectivity index (χ3v) is 3.19. The van der Waals surface area contributed by atoms with Crippen molar-refractivity contribution in [3.63, 3.8) is 0 Å². The summed E-state index contributed by atoms with van der Waals surface area (Å²) in [6.45, 7) is 0. The van der Waals surface area contributed by atoms with Gasteiger partial charge in [0.2, 0.25) is 5.84 Å². The molecular formula is C17H13F3N4. The van der Waals surface area contributed by atoms with E-state index in [1.54, 1.807) is 60.7 Å². The maximum absolute atomic E-state index is 13.7. The van der Waals surface area contributed by atoms with E-state index < -0.39 is 12.0 Å². The lowest BCUT2D eigenvalue weighted by molar-refractivity contribution is -0.0601. The Balaban J connectivity index is 2.18. The second-order valence-corrected chi connectivity index (χ2v) is 4.87. The van der Waals surface area contributed by atoms with Crippen molar-refractivity contribution in [2.75, 3.05) is 4.90 Å². The minimum Gasteiger partial charge on any atom is -0.289 e. The molecule has 0 fully saturated rings. The fraction of sp³-hybridized carbons (Fsp3) is 0.0588. The molecule has 3 rings (SSSR count). The first kappa shape index (κ1) is 15.8. The zero-order valence-corrected chi connectivity index (χ0v) is 12.4. The van der Waals surface area contributed by atoms with Gasteiger partial charge in [0.05, 0.1) is 0 Å². The highest BCUT2D eigenvalue weighted by atomic mass is 19.4. The summed E-state index contributed by atoms with van der Waals surface area (Å²) in [5, 5.41) is 3.71. The maximum atomic E-state index is 13.7. The summed E-state index contributed by atoms with van der Waals surface area (Å²) in [6.07, 6.45) is -0.733. The Morgan fingerprint density at radius 2 is 1.46 bits per heavy atom. The molecule has 0 saturated heterocycles. The van der Waals surface area contributed by atoms with Crippen LogP contribution in [-0.2, 0) is 0 Å². The van der Waals surface area contributed by atoms with Crippen LogP contribution in [0.4, 0.5) is 24.5 Å². The molecule has 0 bridgehead atoms. The molecule has 24 heavy (non-hydrogen) atoms. The highest BCUT2D eigenvalue weighted by molar-refractivity contribution is 6.07. The summed E-state index contributed by atoms with van der Waals surface area (Å²) < 4.78 is 42.2. The third-order valence-electron chi connectivity index (χ3n) is 3.19. The fourth-order valence-electron chi connectivity index (χ4n) is 2.20. The molecule has 0 aliphatic carbocycles. The zero-order chi connectivity index (χ0) is 17.0. The van der Waals surface area contributed by atoms with E-state index >= 15 is 0 Å². The fourth-order valence-corrected chi connectivity index (χ4v) is 2.20. The summed E-state index contributed by atoms with van der Waals surface area (Å²) in [5.74, 6) is -1.06. The van der Waals surface area contributed by atoms with Crippen LogP contribution in [0.1, 0.15) is 0 Å². The highest BCUT2D eigenvalue weighted by Crippen LogP contribution is 2.31. The molecule has 2 aromatic carbocycles. The predicted octanol–water partition coefficient (Wildman–Crippen LogP) is 4.45. The summed E-state index contributed by atoms with van der Waals surface area (Å²) in [4.78, 5) is 4.80. The van der Waals surface area contributed by atoms with Gasteiger partial charge in [0, 0.05) is 23.8 Å². The quantitative estimate of drug-likeness (QED) is 0.525. The second kappa shape index (κ2) is 6.57. The van der Waals surface area contributed by atoms with Gasteiger partial charge in [-0.05, 0) is 24.3 Å². The first-order valence-corrected chi connectivity index (χ1v) is 7.10. The summed E-state index contributed by atoms with van der Waals surface area (Å²) in [6, 6.07) is 16.6. The van der Waals surface area contributed by atoms with Crippen LogP contribution in [-0.4, -0.2) is 21.7 Å². The van der Waals surface area contributed by atoms with E-state index in [1.165, 1.54) is 18.7 Å². The number of para-hydroxylation sites is 2. The topological polar surface area (TPSA) is 33.4 Å². The Labute approximate surface area is 136 Å². The van der Waals surface area contributed by atoms with E-state index in [0.29, 0.717) is 11.4 Å². The van der Waals surface area contributed by atoms with Crippen molar-refractivity contribution in [2.45, 2.75) is 6.18 Å². The van der Waals surface area contributed by atoms with E-state index in [-0.39, 0.29) is 0 Å². The van der Waals surface area contributed by atoms with Gasteiger partial charge in [-0.3, -0.25) is 4.90 Å². The normalized spacial score (nSPS) is 12.2. The predicted molar refractivity (Wildman–Crippen MR) is 86.1 cm³/mol. The molecule has 3 aromatic rings. The van der Waals surface area contributed by atoms with Gasteiger partial charge in [-0.15, -0.1) is 5.10 Å². The van der Waals surface area contributed by atoms with Gasteiger partial charge in [-0.2, -0.15) is 13.2 Å². The molecule has 122 valence electrons. The maximum Gasteiger partial charge on any atom is 0.451 e. The van der Waals surface area contributed by atoms with Gasteiger partial charge in [0.25, 0.3) is 0 Å². The van der Waals surface area contributed by atoms with Crippen molar-refractivity contribution in [3.8, 4) is 0 Å². The number of alkyl halides is 3. The minimum absolute atomic E-state index is 0.361. The molecule has 0 unspecified atom stereocenters. The second-order valence-electron chi connectivity index (χ2n) is 4.87. The smallest absolute Gasteiger partial charge is 0.289 e. The third kappa shape index (κ3) is 3.45. The van der Waals surface area contributed by atoms with E-state index in [9.17, 15) is 13.2 Å². The minimum atomic E-state index is -4.66. The summed E-state index contributed by atoms with van der Waals surface area (Å²) in [7, 11) is 0. The number of benzene rings is 2. The lowest BCUT2D eigenvalue weighted by Crippen LogP contribution is -2.39. The molecule has 0 aliphatic rings. The number of rotatable bonds is 3. The molecule has 0 spiro atoms. The molecule has 0 atom stereocenters. The first-order chi connectivity index (χ1) is 11.6. The number of hydrogen-bond acceptors (Lipinski definition) is 2. The number of amidine groups is 1. The van der Waals surface area contributed by atoms with Crippen molar-refractivity contribution >= 4 is 17.2 Å². The molecule has 0 radical (unpaired) electrons. The van der Waals surface area contributed by atoms with Crippen molar-refractivity contribution < 1.29 is 13.2 Å². The molecule has 0 aliphatic heterocycles. The van der Waals surface area contributed by atoms with E-state index in [2.05, 4.69) is 10.1 Å². The van der Waals surface area contributed by atoms with Gasteiger partial charge in [-0.25, -0.2) is 9.66 Å². The Kier molecular flexibility index (Phi) is 4.33. The Morgan fingerprint density at radius 3 is 1.88 bits per heavy atom. The largest absolute Gasteiger partial charge is 0.451 e. The monoisotopic (exact) mass is 330 g/mol. The van der Waals surface area contributed by atoms with Crippen LogP contribution in [0.3, 0.4) is 0 Å². The molecule has 7 heteroatoms. The number of imidazole rings is 1. The van der Waals surface area contributed by atoms with Crippen molar-refractivity contribution in [3.05, 3.63) is 79.4 Å². The number of aromatic nitrogens is 2. The Bertz CT molecular complexity index is 757. The van der Waals surface area contributed by atoms with E-state index in [1.807, 2.05) is 0 Å². The number of hydrogen-bond donors (Lipinski definition) is 0. The molecule has 1 aromatic heterocycles. The van der Waals surface area contributed by atoms with Crippen LogP contribution < -0.4 is 4.90 Å². The molecule has 0 N–H and O–H groups in total. The van der Waals surface area contributed by atoms with Gasteiger partial charge in [0.15, 0.2) is 0 Å². The molecule has 4 nitrogen and oxygen atoms in total. The Hall–Kier alpha value is -3.09. The standard InChI is InChI=1S/C17H13F3N4/c18-17(19,20)16(22-23-12-11-21-13-23)24(14-7-3-1-4-8-14)15-9-5-2-6-10-15/h1-13H/b22-16+. The SMILES string of the molecule is FC(F)(F)/C(=N\n1ccnc1)N(c1ccccc1)c1ccccc1. The molecule has 1 heterocycles. The number of anilines is 2. The number of nitrogens with zero attached hydrogens (tertiary/aromatic N) is 4. The Morgan fingerprint density at radius 1 is 0.917 bits per heavy atom. The van der Waals surface area contributed by atoms with Gasteiger partial charge < -0.3 is 0 Å². The average Bonchev–Trinajstić information content (AvgIpc) is 3.09. The van der Waals surface area contributed by atoms with Crippen LogP contribution in [0.2, 0.25) is 0 Å². The van der Waals surface area contributed by atoms with Gasteiger partial charge in [-0.1, -0.05) is 36.4 Å². The lowest BCUT2D eigenvalue weighted by atomic mass is 10.2. The van der Waals surface area contributed by atoms with Crippen LogP contribution in [0.15, 0.2) is 84.5 Å². The highest BCUT2D eigenvalue weighted by Gasteiger charge is 2.41. The van der Waals surface area contributed by atoms with Crippen molar-refractivity contribution in [1.82, 2.24) is 9.66 Å². The average molecular weight is 330 g/mol.